The van der Waals surface area contributed by atoms with E-state index in [0.29, 0.717) is 30.4 Å². The van der Waals surface area contributed by atoms with E-state index < -0.39 is 0 Å². The van der Waals surface area contributed by atoms with Gasteiger partial charge in [-0.05, 0) is 43.5 Å². The summed E-state index contributed by atoms with van der Waals surface area (Å²) < 4.78 is 5.25. The normalized spacial score (nSPS) is 13.5. The van der Waals surface area contributed by atoms with Gasteiger partial charge in [-0.1, -0.05) is 25.9 Å². The van der Waals surface area contributed by atoms with Gasteiger partial charge in [0.2, 0.25) is 0 Å². The molecule has 0 unspecified atom stereocenters. The molecule has 3 N–H and O–H groups in total. The third-order valence-electron chi connectivity index (χ3n) is 3.70. The van der Waals surface area contributed by atoms with Crippen LogP contribution >= 0.6 is 0 Å². The molecule has 1 aromatic carbocycles. The number of urea groups is 1. The number of aromatic nitrogens is 2. The van der Waals surface area contributed by atoms with E-state index in [1.807, 2.05) is 32.9 Å². The highest BCUT2D eigenvalue weighted by molar-refractivity contribution is 5.89. The maximum atomic E-state index is 11.9. The van der Waals surface area contributed by atoms with Gasteiger partial charge < -0.3 is 20.3 Å². The van der Waals surface area contributed by atoms with Crippen LogP contribution in [0.5, 0.6) is 0 Å². The molecule has 0 aliphatic rings. The predicted octanol–water partition coefficient (Wildman–Crippen LogP) is 3.39. The highest BCUT2D eigenvalue weighted by Gasteiger charge is 2.12. The molecule has 0 radical (unpaired) electrons. The van der Waals surface area contributed by atoms with Gasteiger partial charge in [0, 0.05) is 23.7 Å². The highest BCUT2D eigenvalue weighted by Crippen LogP contribution is 2.21. The average Bonchev–Trinajstić information content (AvgIpc) is 3.03. The number of hydrogen-bond donors (Lipinski definition) is 3. The van der Waals surface area contributed by atoms with Crippen molar-refractivity contribution in [2.75, 3.05) is 11.9 Å². The Morgan fingerprint density at radius 1 is 1.20 bits per heavy atom. The highest BCUT2D eigenvalue weighted by atomic mass is 16.5. The quantitative estimate of drug-likeness (QED) is 0.713. The molecule has 0 saturated heterocycles. The average molecular weight is 346 g/mol. The lowest BCUT2D eigenvalue weighted by atomic mass is 10.1. The van der Waals surface area contributed by atoms with Crippen molar-refractivity contribution in [3.05, 3.63) is 30.1 Å². The number of nitrogens with zero attached hydrogens (tertiary/aromatic N) is 2. The first-order valence-corrected chi connectivity index (χ1v) is 8.52. The number of carbonyl (C=O) groups excluding carboxylic acids is 1. The van der Waals surface area contributed by atoms with E-state index in [2.05, 4.69) is 20.8 Å². The number of carbonyl (C=O) groups is 1. The Morgan fingerprint density at radius 2 is 1.88 bits per heavy atom. The minimum atomic E-state index is -0.367. The maximum absolute atomic E-state index is 11.9. The molecule has 2 amide bonds. The Hall–Kier alpha value is -2.41. The van der Waals surface area contributed by atoms with Gasteiger partial charge in [-0.15, -0.1) is 0 Å². The Bertz CT molecular complexity index is 680. The molecular weight excluding hydrogens is 320 g/mol. The summed E-state index contributed by atoms with van der Waals surface area (Å²) >= 11 is 0. The number of aliphatic hydroxyl groups is 1. The topological polar surface area (TPSA) is 100 Å². The van der Waals surface area contributed by atoms with Crippen LogP contribution < -0.4 is 10.6 Å². The predicted molar refractivity (Wildman–Crippen MR) is 96.3 cm³/mol. The molecule has 2 aromatic rings. The fraction of sp³-hybridized carbons (Fsp3) is 0.500. The van der Waals surface area contributed by atoms with Gasteiger partial charge in [0.1, 0.15) is 0 Å². The molecule has 25 heavy (non-hydrogen) atoms. The Kier molecular flexibility index (Phi) is 6.52. The summed E-state index contributed by atoms with van der Waals surface area (Å²) in [6.07, 6.45) is 0.283. The lowest BCUT2D eigenvalue weighted by Crippen LogP contribution is -2.33. The van der Waals surface area contributed by atoms with E-state index >= 15 is 0 Å². The molecule has 7 heteroatoms. The fourth-order valence-corrected chi connectivity index (χ4v) is 2.39. The first kappa shape index (κ1) is 18.9. The van der Waals surface area contributed by atoms with Crippen LogP contribution in [0.25, 0.3) is 11.5 Å². The molecule has 0 bridgehead atoms. The zero-order valence-corrected chi connectivity index (χ0v) is 15.1. The second-order valence-corrected chi connectivity index (χ2v) is 6.71. The van der Waals surface area contributed by atoms with E-state index in [1.54, 1.807) is 19.1 Å². The Balaban J connectivity index is 1.88. The molecule has 0 saturated carbocycles. The summed E-state index contributed by atoms with van der Waals surface area (Å²) in [6, 6.07) is 6.94. The third-order valence-corrected chi connectivity index (χ3v) is 3.70. The van der Waals surface area contributed by atoms with Gasteiger partial charge >= 0.3 is 6.03 Å². The standard InChI is InChI=1S/C18H26N4O3/c1-11(2)16-21-17(25-22-16)14-5-7-15(8-6-14)20-18(24)19-10-12(3)9-13(4)23/h5-8,11-13,23H,9-10H2,1-4H3,(H2,19,20,24)/t12-,13-/m0/s1. The number of aliphatic hydroxyl groups excluding tert-OH is 1. The number of benzene rings is 1. The van der Waals surface area contributed by atoms with Crippen LogP contribution in [0, 0.1) is 5.92 Å². The summed E-state index contributed by atoms with van der Waals surface area (Å²) in [5.74, 6) is 1.55. The molecule has 1 heterocycles. The van der Waals surface area contributed by atoms with Crippen LogP contribution in [0.2, 0.25) is 0 Å². The van der Waals surface area contributed by atoms with Gasteiger partial charge in [0.05, 0.1) is 6.10 Å². The molecule has 7 nitrogen and oxygen atoms in total. The lowest BCUT2D eigenvalue weighted by Gasteiger charge is -2.14. The second kappa shape index (κ2) is 8.62. The summed E-state index contributed by atoms with van der Waals surface area (Å²) in [4.78, 5) is 16.3. The molecule has 2 atom stereocenters. The number of nitrogens with one attached hydrogen (secondary N) is 2. The van der Waals surface area contributed by atoms with E-state index in [1.165, 1.54) is 0 Å². The summed E-state index contributed by atoms with van der Waals surface area (Å²) in [5, 5.41) is 18.8. The minimum Gasteiger partial charge on any atom is -0.393 e. The van der Waals surface area contributed by atoms with Gasteiger partial charge in [0.15, 0.2) is 5.82 Å². The molecule has 0 spiro atoms. The first-order chi connectivity index (χ1) is 11.8. The van der Waals surface area contributed by atoms with Crippen molar-refractivity contribution in [1.29, 1.82) is 0 Å². The van der Waals surface area contributed by atoms with Crippen molar-refractivity contribution in [2.24, 2.45) is 5.92 Å². The molecule has 2 rings (SSSR count). The van der Waals surface area contributed by atoms with Crippen molar-refractivity contribution in [3.8, 4) is 11.5 Å². The summed E-state index contributed by atoms with van der Waals surface area (Å²) in [6.45, 7) is 8.24. The molecular formula is C18H26N4O3. The van der Waals surface area contributed by atoms with E-state index in [0.717, 1.165) is 5.56 Å². The van der Waals surface area contributed by atoms with E-state index in [9.17, 15) is 9.90 Å². The number of amides is 2. The molecule has 0 aliphatic heterocycles. The van der Waals surface area contributed by atoms with Crippen LogP contribution in [0.3, 0.4) is 0 Å². The fourth-order valence-electron chi connectivity index (χ4n) is 2.39. The molecule has 136 valence electrons. The van der Waals surface area contributed by atoms with Crippen molar-refractivity contribution in [1.82, 2.24) is 15.5 Å². The lowest BCUT2D eigenvalue weighted by molar-refractivity contribution is 0.163. The maximum Gasteiger partial charge on any atom is 0.319 e. The van der Waals surface area contributed by atoms with Crippen LogP contribution in [0.1, 0.15) is 45.9 Å². The second-order valence-electron chi connectivity index (χ2n) is 6.71. The zero-order chi connectivity index (χ0) is 18.4. The Labute approximate surface area is 147 Å². The van der Waals surface area contributed by atoms with Crippen molar-refractivity contribution < 1.29 is 14.4 Å². The van der Waals surface area contributed by atoms with Crippen molar-refractivity contribution in [2.45, 2.75) is 46.1 Å². The summed E-state index contributed by atoms with van der Waals surface area (Å²) in [5.41, 5.74) is 1.48. The van der Waals surface area contributed by atoms with E-state index in [-0.39, 0.29) is 24.0 Å². The Morgan fingerprint density at radius 3 is 2.44 bits per heavy atom. The van der Waals surface area contributed by atoms with Crippen LogP contribution in [-0.4, -0.2) is 33.9 Å². The van der Waals surface area contributed by atoms with Crippen LogP contribution in [0.15, 0.2) is 28.8 Å². The largest absolute Gasteiger partial charge is 0.393 e. The van der Waals surface area contributed by atoms with Crippen molar-refractivity contribution >= 4 is 11.7 Å². The molecule has 1 aromatic heterocycles. The third kappa shape index (κ3) is 5.86. The summed E-state index contributed by atoms with van der Waals surface area (Å²) in [7, 11) is 0. The smallest absolute Gasteiger partial charge is 0.319 e. The van der Waals surface area contributed by atoms with Crippen LogP contribution in [-0.2, 0) is 0 Å². The van der Waals surface area contributed by atoms with Gasteiger partial charge in [0.25, 0.3) is 5.89 Å². The molecule has 0 aliphatic carbocycles. The van der Waals surface area contributed by atoms with Crippen molar-refractivity contribution in [3.63, 3.8) is 0 Å². The number of anilines is 1. The molecule has 0 fully saturated rings. The first-order valence-electron chi connectivity index (χ1n) is 8.52. The number of hydrogen-bond acceptors (Lipinski definition) is 5. The SMILES string of the molecule is CC(C)c1noc(-c2ccc(NC(=O)NC[C@@H](C)C[C@H](C)O)cc2)n1. The van der Waals surface area contributed by atoms with Gasteiger partial charge in [-0.2, -0.15) is 4.98 Å². The zero-order valence-electron chi connectivity index (χ0n) is 15.1. The van der Waals surface area contributed by atoms with Gasteiger partial charge in [-0.3, -0.25) is 0 Å². The monoisotopic (exact) mass is 346 g/mol. The van der Waals surface area contributed by atoms with E-state index in [4.69, 9.17) is 4.52 Å². The minimum absolute atomic E-state index is 0.207. The van der Waals surface area contributed by atoms with Crippen LogP contribution in [0.4, 0.5) is 10.5 Å². The number of rotatable bonds is 7. The van der Waals surface area contributed by atoms with Gasteiger partial charge in [-0.25, -0.2) is 4.79 Å².